The van der Waals surface area contributed by atoms with Crippen molar-refractivity contribution in [2.75, 3.05) is 5.32 Å². The van der Waals surface area contributed by atoms with Gasteiger partial charge in [0.2, 0.25) is 0 Å². The van der Waals surface area contributed by atoms with Gasteiger partial charge in [-0.2, -0.15) is 0 Å². The molecule has 1 amide bonds. The lowest BCUT2D eigenvalue weighted by Crippen LogP contribution is -2.14. The Morgan fingerprint density at radius 1 is 1.04 bits per heavy atom. The average Bonchev–Trinajstić information content (AvgIpc) is 2.55. The molecule has 0 aliphatic carbocycles. The van der Waals surface area contributed by atoms with Gasteiger partial charge in [0.05, 0.1) is 5.69 Å². The topological polar surface area (TPSA) is 42.0 Å². The van der Waals surface area contributed by atoms with E-state index in [1.54, 1.807) is 12.1 Å². The van der Waals surface area contributed by atoms with E-state index in [9.17, 15) is 13.6 Å². The molecule has 0 unspecified atom stereocenters. The van der Waals surface area contributed by atoms with Crippen LogP contribution >= 0.6 is 0 Å². The Bertz CT molecular complexity index is 944. The quantitative estimate of drug-likeness (QED) is 0.708. The van der Waals surface area contributed by atoms with Gasteiger partial charge in [0.25, 0.3) is 5.91 Å². The molecule has 1 N–H and O–H groups in total. The largest absolute Gasteiger partial charge is 0.321 e. The molecule has 128 valence electrons. The number of amides is 1. The van der Waals surface area contributed by atoms with E-state index in [4.69, 9.17) is 0 Å². The molecule has 5 heteroatoms. The first kappa shape index (κ1) is 17.0. The highest BCUT2D eigenvalue weighted by Gasteiger charge is 2.15. The lowest BCUT2D eigenvalue weighted by atomic mass is 9.87. The molecular formula is C20H18F2N2O. The number of benzene rings is 2. The van der Waals surface area contributed by atoms with Crippen molar-refractivity contribution < 1.29 is 13.6 Å². The van der Waals surface area contributed by atoms with Crippen LogP contribution in [-0.4, -0.2) is 10.9 Å². The van der Waals surface area contributed by atoms with Crippen molar-refractivity contribution in [3.8, 4) is 0 Å². The molecule has 1 aromatic heterocycles. The summed E-state index contributed by atoms with van der Waals surface area (Å²) >= 11 is 0. The van der Waals surface area contributed by atoms with Crippen LogP contribution in [0.4, 0.5) is 14.5 Å². The molecule has 2 aromatic carbocycles. The summed E-state index contributed by atoms with van der Waals surface area (Å²) in [6, 6.07) is 10.7. The van der Waals surface area contributed by atoms with Crippen molar-refractivity contribution in [1.29, 1.82) is 0 Å². The molecular weight excluding hydrogens is 322 g/mol. The van der Waals surface area contributed by atoms with E-state index in [2.05, 4.69) is 31.1 Å². The van der Waals surface area contributed by atoms with Crippen LogP contribution in [0.3, 0.4) is 0 Å². The van der Waals surface area contributed by atoms with E-state index in [-0.39, 0.29) is 22.2 Å². The zero-order chi connectivity index (χ0) is 18.2. The SMILES string of the molecule is CC(C)(C)c1ccc(C(=O)Nc2ccnc3c(F)cc(F)cc23)cc1. The summed E-state index contributed by atoms with van der Waals surface area (Å²) in [5.74, 6) is -1.83. The second-order valence-corrected chi connectivity index (χ2v) is 6.92. The normalized spacial score (nSPS) is 11.6. The maximum Gasteiger partial charge on any atom is 0.255 e. The molecule has 0 bridgehead atoms. The Hall–Kier alpha value is -2.82. The van der Waals surface area contributed by atoms with Gasteiger partial charge in [0.15, 0.2) is 5.82 Å². The van der Waals surface area contributed by atoms with Gasteiger partial charge >= 0.3 is 0 Å². The van der Waals surface area contributed by atoms with Crippen LogP contribution in [0.25, 0.3) is 10.9 Å². The molecule has 0 spiro atoms. The van der Waals surface area contributed by atoms with Crippen LogP contribution < -0.4 is 5.32 Å². The number of rotatable bonds is 2. The molecule has 1 heterocycles. The van der Waals surface area contributed by atoms with Gasteiger partial charge in [-0.25, -0.2) is 8.78 Å². The number of anilines is 1. The van der Waals surface area contributed by atoms with E-state index in [1.807, 2.05) is 12.1 Å². The highest BCUT2D eigenvalue weighted by atomic mass is 19.1. The van der Waals surface area contributed by atoms with E-state index in [0.29, 0.717) is 11.3 Å². The molecule has 0 saturated heterocycles. The minimum atomic E-state index is -0.763. The van der Waals surface area contributed by atoms with Gasteiger partial charge in [0.1, 0.15) is 11.3 Å². The predicted octanol–water partition coefficient (Wildman–Crippen LogP) is 5.06. The van der Waals surface area contributed by atoms with E-state index in [1.165, 1.54) is 12.3 Å². The van der Waals surface area contributed by atoms with Gasteiger partial charge in [-0.3, -0.25) is 9.78 Å². The van der Waals surface area contributed by atoms with Gasteiger partial charge in [0, 0.05) is 23.2 Å². The van der Waals surface area contributed by atoms with Gasteiger partial charge < -0.3 is 5.32 Å². The van der Waals surface area contributed by atoms with Crippen LogP contribution in [0.1, 0.15) is 36.7 Å². The fraction of sp³-hybridized carbons (Fsp3) is 0.200. The van der Waals surface area contributed by atoms with Crippen LogP contribution in [0.15, 0.2) is 48.7 Å². The van der Waals surface area contributed by atoms with Crippen LogP contribution in [-0.2, 0) is 5.41 Å². The first-order valence-corrected chi connectivity index (χ1v) is 7.91. The fourth-order valence-electron chi connectivity index (χ4n) is 2.60. The van der Waals surface area contributed by atoms with Crippen molar-refractivity contribution in [3.63, 3.8) is 0 Å². The number of halogens is 2. The number of hydrogen-bond acceptors (Lipinski definition) is 2. The van der Waals surface area contributed by atoms with Crippen LogP contribution in [0, 0.1) is 11.6 Å². The minimum absolute atomic E-state index is 0.00857. The Labute approximate surface area is 144 Å². The molecule has 0 saturated carbocycles. The highest BCUT2D eigenvalue weighted by Crippen LogP contribution is 2.26. The first-order valence-electron chi connectivity index (χ1n) is 7.91. The minimum Gasteiger partial charge on any atom is -0.321 e. The number of carbonyl (C=O) groups excluding carboxylic acids is 1. The number of hydrogen-bond donors (Lipinski definition) is 1. The van der Waals surface area contributed by atoms with Gasteiger partial charge in [-0.15, -0.1) is 0 Å². The maximum absolute atomic E-state index is 13.8. The molecule has 0 fully saturated rings. The summed E-state index contributed by atoms with van der Waals surface area (Å²) in [4.78, 5) is 16.4. The molecule has 25 heavy (non-hydrogen) atoms. The monoisotopic (exact) mass is 340 g/mol. The number of aromatic nitrogens is 1. The molecule has 3 aromatic rings. The van der Waals surface area contributed by atoms with Gasteiger partial charge in [-0.1, -0.05) is 32.9 Å². The summed E-state index contributed by atoms with van der Waals surface area (Å²) in [7, 11) is 0. The van der Waals surface area contributed by atoms with Gasteiger partial charge in [-0.05, 0) is 35.2 Å². The van der Waals surface area contributed by atoms with Crippen molar-refractivity contribution in [1.82, 2.24) is 4.98 Å². The third-order valence-corrected chi connectivity index (χ3v) is 4.02. The number of nitrogens with one attached hydrogen (secondary N) is 1. The smallest absolute Gasteiger partial charge is 0.255 e. The zero-order valence-corrected chi connectivity index (χ0v) is 14.2. The molecule has 0 atom stereocenters. The van der Waals surface area contributed by atoms with Crippen molar-refractivity contribution in [2.24, 2.45) is 0 Å². The van der Waals surface area contributed by atoms with Crippen molar-refractivity contribution in [2.45, 2.75) is 26.2 Å². The Morgan fingerprint density at radius 2 is 1.72 bits per heavy atom. The number of pyridine rings is 1. The fourth-order valence-corrected chi connectivity index (χ4v) is 2.60. The highest BCUT2D eigenvalue weighted by molar-refractivity contribution is 6.08. The third kappa shape index (κ3) is 3.50. The zero-order valence-electron chi connectivity index (χ0n) is 14.2. The lowest BCUT2D eigenvalue weighted by Gasteiger charge is -2.19. The summed E-state index contributed by atoms with van der Waals surface area (Å²) in [5, 5.41) is 2.92. The summed E-state index contributed by atoms with van der Waals surface area (Å²) in [6.07, 6.45) is 1.38. The Kier molecular flexibility index (Phi) is 4.25. The first-order chi connectivity index (χ1) is 11.8. The summed E-state index contributed by atoms with van der Waals surface area (Å²) in [6.45, 7) is 6.27. The lowest BCUT2D eigenvalue weighted by molar-refractivity contribution is 0.102. The molecule has 0 radical (unpaired) electrons. The average molecular weight is 340 g/mol. The predicted molar refractivity (Wildman–Crippen MR) is 94.8 cm³/mol. The maximum atomic E-state index is 13.8. The number of carbonyl (C=O) groups is 1. The Balaban J connectivity index is 1.92. The van der Waals surface area contributed by atoms with E-state index < -0.39 is 11.6 Å². The van der Waals surface area contributed by atoms with Crippen molar-refractivity contribution in [3.05, 3.63) is 71.4 Å². The third-order valence-electron chi connectivity index (χ3n) is 4.02. The summed E-state index contributed by atoms with van der Waals surface area (Å²) in [5.41, 5.74) is 1.90. The second-order valence-electron chi connectivity index (χ2n) is 6.92. The summed E-state index contributed by atoms with van der Waals surface area (Å²) < 4.78 is 27.3. The molecule has 3 nitrogen and oxygen atoms in total. The van der Waals surface area contributed by atoms with Crippen molar-refractivity contribution >= 4 is 22.5 Å². The second kappa shape index (κ2) is 6.24. The van der Waals surface area contributed by atoms with E-state index in [0.717, 1.165) is 17.7 Å². The number of nitrogens with zero attached hydrogens (tertiary/aromatic N) is 1. The molecule has 0 aliphatic rings. The Morgan fingerprint density at radius 3 is 2.36 bits per heavy atom. The number of fused-ring (bicyclic) bond motifs is 1. The standard InChI is InChI=1S/C20H18F2N2O/c1-20(2,3)13-6-4-12(5-7-13)19(25)24-17-8-9-23-18-15(17)10-14(21)11-16(18)22/h4-11H,1-3H3,(H,23,24,25). The van der Waals surface area contributed by atoms with Crippen LogP contribution in [0.5, 0.6) is 0 Å². The molecule has 0 aliphatic heterocycles. The van der Waals surface area contributed by atoms with Crippen LogP contribution in [0.2, 0.25) is 0 Å². The van der Waals surface area contributed by atoms with E-state index >= 15 is 0 Å². The molecule has 3 rings (SSSR count).